The van der Waals surface area contributed by atoms with Gasteiger partial charge in [0.15, 0.2) is 11.6 Å². The van der Waals surface area contributed by atoms with Crippen LogP contribution in [0.5, 0.6) is 0 Å². The summed E-state index contributed by atoms with van der Waals surface area (Å²) in [6, 6.07) is 3.31. The molecule has 0 saturated carbocycles. The third-order valence-electron chi connectivity index (χ3n) is 3.79. The smallest absolute Gasteiger partial charge is 0.289 e. The summed E-state index contributed by atoms with van der Waals surface area (Å²) in [5.74, 6) is 0.517. The van der Waals surface area contributed by atoms with Gasteiger partial charge in [0.1, 0.15) is 0 Å². The molecule has 116 valence electrons. The fourth-order valence-electron chi connectivity index (χ4n) is 2.65. The maximum Gasteiger partial charge on any atom is 0.289 e. The standard InChI is InChI=1S/C14H22N4O3/c1-2-4-11(13(15)16-20)17-6-8-18(9-7-17)14(19)12-5-3-10-21-12/h3,5,10-11,20H,2,4,6-9H2,1H3,(H2,15,16). The molecule has 1 aliphatic heterocycles. The van der Waals surface area contributed by atoms with Crippen LogP contribution >= 0.6 is 0 Å². The van der Waals surface area contributed by atoms with E-state index in [1.165, 1.54) is 6.26 Å². The van der Waals surface area contributed by atoms with E-state index < -0.39 is 0 Å². The van der Waals surface area contributed by atoms with Gasteiger partial charge in [-0.2, -0.15) is 0 Å². The van der Waals surface area contributed by atoms with Gasteiger partial charge in [-0.15, -0.1) is 0 Å². The molecule has 0 spiro atoms. The Balaban J connectivity index is 1.94. The summed E-state index contributed by atoms with van der Waals surface area (Å²) in [5, 5.41) is 12.0. The van der Waals surface area contributed by atoms with Crippen LogP contribution in [0.15, 0.2) is 28.0 Å². The van der Waals surface area contributed by atoms with E-state index in [-0.39, 0.29) is 17.8 Å². The van der Waals surface area contributed by atoms with Crippen LogP contribution in [0.2, 0.25) is 0 Å². The number of nitrogens with two attached hydrogens (primary N) is 1. The summed E-state index contributed by atoms with van der Waals surface area (Å²) in [7, 11) is 0. The monoisotopic (exact) mass is 294 g/mol. The van der Waals surface area contributed by atoms with Crippen molar-refractivity contribution in [2.45, 2.75) is 25.8 Å². The summed E-state index contributed by atoms with van der Waals surface area (Å²) in [6.07, 6.45) is 3.29. The lowest BCUT2D eigenvalue weighted by Crippen LogP contribution is -2.55. The average Bonchev–Trinajstić information content (AvgIpc) is 3.06. The SMILES string of the molecule is CCCC(C(N)=NO)N1CCN(C(=O)c2ccco2)CC1. The first kappa shape index (κ1) is 15.4. The highest BCUT2D eigenvalue weighted by Gasteiger charge is 2.29. The zero-order valence-electron chi connectivity index (χ0n) is 12.2. The molecule has 7 nitrogen and oxygen atoms in total. The topological polar surface area (TPSA) is 95.3 Å². The second-order valence-corrected chi connectivity index (χ2v) is 5.13. The van der Waals surface area contributed by atoms with Gasteiger partial charge in [-0.1, -0.05) is 18.5 Å². The number of nitrogens with zero attached hydrogens (tertiary/aromatic N) is 3. The number of carbonyl (C=O) groups is 1. The maximum absolute atomic E-state index is 12.2. The number of hydrogen-bond donors (Lipinski definition) is 2. The maximum atomic E-state index is 12.2. The second-order valence-electron chi connectivity index (χ2n) is 5.13. The van der Waals surface area contributed by atoms with Crippen LogP contribution in [0.25, 0.3) is 0 Å². The fourth-order valence-corrected chi connectivity index (χ4v) is 2.65. The summed E-state index contributed by atoms with van der Waals surface area (Å²) >= 11 is 0. The molecule has 0 aromatic carbocycles. The first-order valence-corrected chi connectivity index (χ1v) is 7.21. The highest BCUT2D eigenvalue weighted by molar-refractivity contribution is 5.91. The van der Waals surface area contributed by atoms with Crippen molar-refractivity contribution in [2.75, 3.05) is 26.2 Å². The van der Waals surface area contributed by atoms with Crippen LogP contribution in [0, 0.1) is 0 Å². The lowest BCUT2D eigenvalue weighted by atomic mass is 10.1. The van der Waals surface area contributed by atoms with Gasteiger partial charge in [0, 0.05) is 26.2 Å². The Bertz CT molecular complexity index is 478. The quantitative estimate of drug-likeness (QED) is 0.365. The normalized spacial score (nSPS) is 18.7. The molecule has 21 heavy (non-hydrogen) atoms. The van der Waals surface area contributed by atoms with Gasteiger partial charge >= 0.3 is 0 Å². The fraction of sp³-hybridized carbons (Fsp3) is 0.571. The lowest BCUT2D eigenvalue weighted by Gasteiger charge is -2.38. The van der Waals surface area contributed by atoms with Gasteiger partial charge in [0.2, 0.25) is 0 Å². The molecule has 1 fully saturated rings. The molecule has 1 amide bonds. The molecule has 1 aromatic rings. The lowest BCUT2D eigenvalue weighted by molar-refractivity contribution is 0.0575. The highest BCUT2D eigenvalue weighted by atomic mass is 16.4. The van der Waals surface area contributed by atoms with Crippen LogP contribution in [-0.4, -0.2) is 59.0 Å². The zero-order chi connectivity index (χ0) is 15.2. The minimum Gasteiger partial charge on any atom is -0.459 e. The molecule has 2 heterocycles. The minimum atomic E-state index is -0.0875. The van der Waals surface area contributed by atoms with Gasteiger partial charge < -0.3 is 20.3 Å². The number of piperazine rings is 1. The first-order valence-electron chi connectivity index (χ1n) is 7.21. The van der Waals surface area contributed by atoms with Gasteiger partial charge in [0.05, 0.1) is 12.3 Å². The summed E-state index contributed by atoms with van der Waals surface area (Å²) in [4.78, 5) is 16.1. The van der Waals surface area contributed by atoms with E-state index >= 15 is 0 Å². The Morgan fingerprint density at radius 2 is 2.19 bits per heavy atom. The third-order valence-corrected chi connectivity index (χ3v) is 3.79. The van der Waals surface area contributed by atoms with Crippen molar-refractivity contribution in [3.63, 3.8) is 0 Å². The third kappa shape index (κ3) is 3.55. The molecule has 1 aromatic heterocycles. The van der Waals surface area contributed by atoms with Gasteiger partial charge in [-0.3, -0.25) is 9.69 Å². The van der Waals surface area contributed by atoms with E-state index in [2.05, 4.69) is 17.0 Å². The Morgan fingerprint density at radius 1 is 1.48 bits per heavy atom. The minimum absolute atomic E-state index is 0.0686. The van der Waals surface area contributed by atoms with Crippen molar-refractivity contribution < 1.29 is 14.4 Å². The average molecular weight is 294 g/mol. The van der Waals surface area contributed by atoms with E-state index in [0.717, 1.165) is 12.8 Å². The molecule has 3 N–H and O–H groups in total. The molecule has 1 atom stereocenters. The van der Waals surface area contributed by atoms with E-state index in [4.69, 9.17) is 15.4 Å². The van der Waals surface area contributed by atoms with E-state index in [0.29, 0.717) is 31.9 Å². The predicted octanol–water partition coefficient (Wildman–Crippen LogP) is 0.952. The summed E-state index contributed by atoms with van der Waals surface area (Å²) in [6.45, 7) is 4.69. The highest BCUT2D eigenvalue weighted by Crippen LogP contribution is 2.14. The zero-order valence-corrected chi connectivity index (χ0v) is 12.2. The summed E-state index contributed by atoms with van der Waals surface area (Å²) < 4.78 is 5.14. The van der Waals surface area contributed by atoms with Crippen LogP contribution in [0.4, 0.5) is 0 Å². The van der Waals surface area contributed by atoms with Crippen molar-refractivity contribution in [3.8, 4) is 0 Å². The number of rotatable bonds is 5. The van der Waals surface area contributed by atoms with Crippen molar-refractivity contribution in [1.82, 2.24) is 9.80 Å². The number of carbonyl (C=O) groups excluding carboxylic acids is 1. The van der Waals surface area contributed by atoms with Crippen LogP contribution in [0.3, 0.4) is 0 Å². The number of oxime groups is 1. The van der Waals surface area contributed by atoms with Crippen molar-refractivity contribution >= 4 is 11.7 Å². The molecule has 0 aliphatic carbocycles. The van der Waals surface area contributed by atoms with Gasteiger partial charge in [-0.05, 0) is 18.6 Å². The van der Waals surface area contributed by atoms with Crippen LogP contribution in [0.1, 0.15) is 30.3 Å². The molecule has 7 heteroatoms. The van der Waals surface area contributed by atoms with Crippen LogP contribution in [-0.2, 0) is 0 Å². The van der Waals surface area contributed by atoms with E-state index in [1.807, 2.05) is 0 Å². The van der Waals surface area contributed by atoms with Crippen LogP contribution < -0.4 is 5.73 Å². The van der Waals surface area contributed by atoms with E-state index in [9.17, 15) is 4.79 Å². The van der Waals surface area contributed by atoms with Crippen molar-refractivity contribution in [3.05, 3.63) is 24.2 Å². The van der Waals surface area contributed by atoms with Gasteiger partial charge in [0.25, 0.3) is 5.91 Å². The first-order chi connectivity index (χ1) is 10.2. The van der Waals surface area contributed by atoms with Crippen molar-refractivity contribution in [2.24, 2.45) is 10.9 Å². The Hall–Kier alpha value is -2.02. The Labute approximate surface area is 124 Å². The van der Waals surface area contributed by atoms with Gasteiger partial charge in [-0.25, -0.2) is 0 Å². The second kappa shape index (κ2) is 7.12. The van der Waals surface area contributed by atoms with E-state index in [1.54, 1.807) is 17.0 Å². The number of amidine groups is 1. The largest absolute Gasteiger partial charge is 0.459 e. The Kier molecular flexibility index (Phi) is 5.21. The molecule has 1 unspecified atom stereocenters. The summed E-state index contributed by atoms with van der Waals surface area (Å²) in [5.41, 5.74) is 5.77. The molecule has 1 aliphatic rings. The molecule has 0 bridgehead atoms. The molecule has 2 rings (SSSR count). The predicted molar refractivity (Wildman–Crippen MR) is 78.3 cm³/mol. The number of furan rings is 1. The molecular weight excluding hydrogens is 272 g/mol. The molecular formula is C14H22N4O3. The Morgan fingerprint density at radius 3 is 2.71 bits per heavy atom. The number of hydrogen-bond acceptors (Lipinski definition) is 5. The van der Waals surface area contributed by atoms with Crippen molar-refractivity contribution in [1.29, 1.82) is 0 Å². The molecule has 0 radical (unpaired) electrons. The number of amides is 1. The molecule has 1 saturated heterocycles.